The van der Waals surface area contributed by atoms with E-state index in [1.54, 1.807) is 0 Å². The number of carbonyl (C=O) groups is 1. The number of aromatic nitrogens is 2. The van der Waals surface area contributed by atoms with Crippen LogP contribution in [0.2, 0.25) is 0 Å². The highest BCUT2D eigenvalue weighted by Crippen LogP contribution is 2.22. The third-order valence-electron chi connectivity index (χ3n) is 5.16. The van der Waals surface area contributed by atoms with Crippen molar-refractivity contribution in [1.82, 2.24) is 14.9 Å². The molecule has 0 saturated carbocycles. The van der Waals surface area contributed by atoms with E-state index in [4.69, 9.17) is 4.98 Å². The molecule has 0 bridgehead atoms. The number of pyridine rings is 1. The Balaban J connectivity index is 1.45. The van der Waals surface area contributed by atoms with Crippen LogP contribution >= 0.6 is 0 Å². The molecule has 2 aromatic heterocycles. The highest BCUT2D eigenvalue weighted by atomic mass is 16.1. The molecule has 0 atom stereocenters. The van der Waals surface area contributed by atoms with Crippen LogP contribution in [0.25, 0.3) is 11.0 Å². The van der Waals surface area contributed by atoms with Gasteiger partial charge in [-0.05, 0) is 49.9 Å². The summed E-state index contributed by atoms with van der Waals surface area (Å²) < 4.78 is 1.94. The molecule has 1 saturated heterocycles. The van der Waals surface area contributed by atoms with Crippen molar-refractivity contribution in [2.75, 3.05) is 18.0 Å². The summed E-state index contributed by atoms with van der Waals surface area (Å²) in [5.74, 6) is 1.02. The van der Waals surface area contributed by atoms with Gasteiger partial charge in [0.05, 0.1) is 0 Å². The Kier molecular flexibility index (Phi) is 5.10. The number of piperidine rings is 1. The minimum atomic E-state index is -0.000758. The van der Waals surface area contributed by atoms with E-state index in [9.17, 15) is 4.79 Å². The second kappa shape index (κ2) is 7.82. The first-order valence-electron chi connectivity index (χ1n) is 9.72. The Hall–Kier alpha value is -2.82. The van der Waals surface area contributed by atoms with Gasteiger partial charge in [-0.25, -0.2) is 4.98 Å². The molecule has 1 fully saturated rings. The number of carbonyl (C=O) groups excluding carboxylic acids is 1. The van der Waals surface area contributed by atoms with Gasteiger partial charge in [0.15, 0.2) is 0 Å². The van der Waals surface area contributed by atoms with Gasteiger partial charge in [-0.2, -0.15) is 0 Å². The van der Waals surface area contributed by atoms with Gasteiger partial charge in [0.1, 0.15) is 18.0 Å². The zero-order chi connectivity index (χ0) is 18.6. The molecule has 27 heavy (non-hydrogen) atoms. The van der Waals surface area contributed by atoms with Gasteiger partial charge in [-0.3, -0.25) is 4.79 Å². The third kappa shape index (κ3) is 4.13. The van der Waals surface area contributed by atoms with Crippen LogP contribution in [0, 0.1) is 6.92 Å². The molecule has 1 aromatic carbocycles. The van der Waals surface area contributed by atoms with E-state index in [1.807, 2.05) is 29.0 Å². The molecule has 0 unspecified atom stereocenters. The number of rotatable bonds is 5. The van der Waals surface area contributed by atoms with Gasteiger partial charge in [-0.1, -0.05) is 29.8 Å². The molecule has 0 aliphatic carbocycles. The summed E-state index contributed by atoms with van der Waals surface area (Å²) in [5.41, 5.74) is 3.20. The van der Waals surface area contributed by atoms with Crippen molar-refractivity contribution in [1.29, 1.82) is 0 Å². The van der Waals surface area contributed by atoms with Crippen molar-refractivity contribution in [3.63, 3.8) is 0 Å². The summed E-state index contributed by atoms with van der Waals surface area (Å²) >= 11 is 0. The zero-order valence-corrected chi connectivity index (χ0v) is 15.8. The van der Waals surface area contributed by atoms with E-state index in [0.29, 0.717) is 6.54 Å². The van der Waals surface area contributed by atoms with Crippen molar-refractivity contribution >= 4 is 22.8 Å². The lowest BCUT2D eigenvalue weighted by atomic mass is 10.1. The smallest absolute Gasteiger partial charge is 0.240 e. The third-order valence-corrected chi connectivity index (χ3v) is 5.16. The number of fused-ring (bicyclic) bond motifs is 1. The number of hydrogen-bond donors (Lipinski definition) is 1. The molecular weight excluding hydrogens is 336 g/mol. The molecule has 3 heterocycles. The number of aryl methyl sites for hydroxylation is 1. The number of nitrogens with one attached hydrogen (secondary N) is 1. The van der Waals surface area contributed by atoms with Gasteiger partial charge >= 0.3 is 0 Å². The summed E-state index contributed by atoms with van der Waals surface area (Å²) in [5, 5.41) is 4.08. The molecule has 140 valence electrons. The SMILES string of the molecule is Cc1cccc(CNC(=O)Cn2ccc3ccc(N4CCCCC4)nc32)c1. The predicted molar refractivity (Wildman–Crippen MR) is 109 cm³/mol. The number of amides is 1. The number of hydrogen-bond acceptors (Lipinski definition) is 3. The average molecular weight is 362 g/mol. The lowest BCUT2D eigenvalue weighted by Gasteiger charge is -2.27. The molecule has 1 N–H and O–H groups in total. The van der Waals surface area contributed by atoms with Crippen LogP contribution in [0.1, 0.15) is 30.4 Å². The van der Waals surface area contributed by atoms with E-state index in [2.05, 4.69) is 41.4 Å². The lowest BCUT2D eigenvalue weighted by Crippen LogP contribution is -2.30. The highest BCUT2D eigenvalue weighted by molar-refractivity contribution is 5.82. The molecule has 0 radical (unpaired) electrons. The molecule has 5 heteroatoms. The second-order valence-electron chi connectivity index (χ2n) is 7.34. The van der Waals surface area contributed by atoms with Gasteiger partial charge in [0, 0.05) is 31.2 Å². The summed E-state index contributed by atoms with van der Waals surface area (Å²) in [6.45, 7) is 5.02. The maximum Gasteiger partial charge on any atom is 0.240 e. The largest absolute Gasteiger partial charge is 0.357 e. The van der Waals surface area contributed by atoms with Crippen LogP contribution in [0.3, 0.4) is 0 Å². The second-order valence-corrected chi connectivity index (χ2v) is 7.34. The molecule has 1 aliphatic rings. The van der Waals surface area contributed by atoms with Gasteiger partial charge < -0.3 is 14.8 Å². The number of benzene rings is 1. The van der Waals surface area contributed by atoms with Crippen LogP contribution < -0.4 is 10.2 Å². The Morgan fingerprint density at radius 1 is 1.11 bits per heavy atom. The Bertz CT molecular complexity index is 940. The lowest BCUT2D eigenvalue weighted by molar-refractivity contribution is -0.121. The summed E-state index contributed by atoms with van der Waals surface area (Å²) in [6.07, 6.45) is 5.70. The van der Waals surface area contributed by atoms with Crippen LogP contribution in [0.15, 0.2) is 48.7 Å². The predicted octanol–water partition coefficient (Wildman–Crippen LogP) is 3.65. The molecule has 1 amide bonds. The van der Waals surface area contributed by atoms with Gasteiger partial charge in [0.2, 0.25) is 5.91 Å². The minimum Gasteiger partial charge on any atom is -0.357 e. The summed E-state index contributed by atoms with van der Waals surface area (Å²) in [4.78, 5) is 19.6. The first kappa shape index (κ1) is 17.6. The summed E-state index contributed by atoms with van der Waals surface area (Å²) in [7, 11) is 0. The fourth-order valence-electron chi connectivity index (χ4n) is 3.71. The topological polar surface area (TPSA) is 50.2 Å². The highest BCUT2D eigenvalue weighted by Gasteiger charge is 2.14. The van der Waals surface area contributed by atoms with Crippen LogP contribution in [-0.4, -0.2) is 28.5 Å². The van der Waals surface area contributed by atoms with E-state index >= 15 is 0 Å². The van der Waals surface area contributed by atoms with Crippen LogP contribution in [-0.2, 0) is 17.9 Å². The average Bonchev–Trinajstić information content (AvgIpc) is 3.09. The molecule has 3 aromatic rings. The van der Waals surface area contributed by atoms with Crippen molar-refractivity contribution < 1.29 is 4.79 Å². The maximum atomic E-state index is 12.4. The molecule has 0 spiro atoms. The Morgan fingerprint density at radius 3 is 2.78 bits per heavy atom. The quantitative estimate of drug-likeness (QED) is 0.754. The first-order chi connectivity index (χ1) is 13.2. The Morgan fingerprint density at radius 2 is 1.96 bits per heavy atom. The van der Waals surface area contributed by atoms with E-state index in [1.165, 1.54) is 24.8 Å². The fourth-order valence-corrected chi connectivity index (χ4v) is 3.71. The Labute approximate surface area is 160 Å². The molecule has 4 rings (SSSR count). The number of anilines is 1. The van der Waals surface area contributed by atoms with Crippen molar-refractivity contribution in [3.05, 3.63) is 59.8 Å². The number of nitrogens with zero attached hydrogens (tertiary/aromatic N) is 3. The monoisotopic (exact) mass is 362 g/mol. The first-order valence-corrected chi connectivity index (χ1v) is 9.72. The standard InChI is InChI=1S/C22H26N4O/c1-17-6-5-7-18(14-17)15-23-21(27)16-26-13-10-19-8-9-20(24-22(19)26)25-11-3-2-4-12-25/h5-10,13-14H,2-4,11-12,15-16H2,1H3,(H,23,27). The van der Waals surface area contributed by atoms with E-state index < -0.39 is 0 Å². The normalized spacial score (nSPS) is 14.5. The van der Waals surface area contributed by atoms with Crippen molar-refractivity contribution in [3.8, 4) is 0 Å². The summed E-state index contributed by atoms with van der Waals surface area (Å²) in [6, 6.07) is 14.4. The maximum absolute atomic E-state index is 12.4. The zero-order valence-electron chi connectivity index (χ0n) is 15.8. The molecule has 5 nitrogen and oxygen atoms in total. The molecular formula is C22H26N4O. The van der Waals surface area contributed by atoms with Crippen LogP contribution in [0.5, 0.6) is 0 Å². The van der Waals surface area contributed by atoms with Crippen LogP contribution in [0.4, 0.5) is 5.82 Å². The fraction of sp³-hybridized carbons (Fsp3) is 0.364. The molecule has 1 aliphatic heterocycles. The van der Waals surface area contributed by atoms with Crippen molar-refractivity contribution in [2.24, 2.45) is 0 Å². The van der Waals surface area contributed by atoms with E-state index in [-0.39, 0.29) is 12.5 Å². The van der Waals surface area contributed by atoms with Crippen molar-refractivity contribution in [2.45, 2.75) is 39.3 Å². The van der Waals surface area contributed by atoms with Gasteiger partial charge in [0.25, 0.3) is 0 Å². The van der Waals surface area contributed by atoms with Gasteiger partial charge in [-0.15, -0.1) is 0 Å². The minimum absolute atomic E-state index is 0.000758. The van der Waals surface area contributed by atoms with E-state index in [0.717, 1.165) is 35.5 Å².